The van der Waals surface area contributed by atoms with Gasteiger partial charge in [0.25, 0.3) is 5.91 Å². The summed E-state index contributed by atoms with van der Waals surface area (Å²) in [5, 5.41) is 13.4. The Balaban J connectivity index is 1.49. The van der Waals surface area contributed by atoms with Crippen LogP contribution in [-0.2, 0) is 4.79 Å². The van der Waals surface area contributed by atoms with E-state index >= 15 is 0 Å². The first-order valence-corrected chi connectivity index (χ1v) is 8.10. The van der Waals surface area contributed by atoms with Crippen molar-refractivity contribution in [2.45, 2.75) is 0 Å². The molecular weight excluding hydrogens is 328 g/mol. The second kappa shape index (κ2) is 8.48. The van der Waals surface area contributed by atoms with Gasteiger partial charge in [-0.2, -0.15) is 5.10 Å². The van der Waals surface area contributed by atoms with Crippen LogP contribution in [0.5, 0.6) is 11.5 Å². The molecule has 0 aliphatic rings. The molecule has 3 rings (SSSR count). The van der Waals surface area contributed by atoms with Crippen molar-refractivity contribution in [1.29, 1.82) is 0 Å². The highest BCUT2D eigenvalue weighted by Gasteiger charge is 2.03. The lowest BCUT2D eigenvalue weighted by Gasteiger charge is -2.06. The average molecular weight is 346 g/mol. The Kier molecular flexibility index (Phi) is 5.62. The lowest BCUT2D eigenvalue weighted by molar-refractivity contribution is -0.123. The molecule has 0 atom stereocenters. The maximum Gasteiger partial charge on any atom is 0.277 e. The molecule has 0 aliphatic carbocycles. The van der Waals surface area contributed by atoms with E-state index < -0.39 is 0 Å². The summed E-state index contributed by atoms with van der Waals surface area (Å²) in [5.41, 5.74) is 5.08. The van der Waals surface area contributed by atoms with Gasteiger partial charge in [-0.1, -0.05) is 54.6 Å². The van der Waals surface area contributed by atoms with Crippen LogP contribution in [0.15, 0.2) is 84.0 Å². The molecule has 130 valence electrons. The fourth-order valence-electron chi connectivity index (χ4n) is 2.33. The average Bonchev–Trinajstić information content (AvgIpc) is 2.69. The Labute approximate surface area is 151 Å². The maximum absolute atomic E-state index is 11.8. The first kappa shape index (κ1) is 17.2. The number of carbonyl (C=O) groups excluding carboxylic acids is 1. The van der Waals surface area contributed by atoms with Gasteiger partial charge in [-0.25, -0.2) is 5.43 Å². The van der Waals surface area contributed by atoms with E-state index in [1.165, 1.54) is 6.21 Å². The molecule has 5 nitrogen and oxygen atoms in total. The van der Waals surface area contributed by atoms with E-state index in [0.29, 0.717) is 11.3 Å². The van der Waals surface area contributed by atoms with Crippen molar-refractivity contribution in [2.75, 3.05) is 6.61 Å². The third kappa shape index (κ3) is 4.70. The lowest BCUT2D eigenvalue weighted by atomic mass is 10.1. The number of ether oxygens (including phenoxy) is 1. The minimum Gasteiger partial charge on any atom is -0.507 e. The number of hydrazone groups is 1. The number of rotatable bonds is 6. The Hall–Kier alpha value is -3.60. The van der Waals surface area contributed by atoms with Gasteiger partial charge in [-0.15, -0.1) is 0 Å². The number of amides is 1. The molecule has 0 radical (unpaired) electrons. The molecule has 0 saturated carbocycles. The second-order valence-corrected chi connectivity index (χ2v) is 5.53. The second-order valence-electron chi connectivity index (χ2n) is 5.53. The first-order chi connectivity index (χ1) is 12.7. The summed E-state index contributed by atoms with van der Waals surface area (Å²) < 4.78 is 5.45. The van der Waals surface area contributed by atoms with Gasteiger partial charge in [-0.3, -0.25) is 4.79 Å². The van der Waals surface area contributed by atoms with Crippen molar-refractivity contribution in [3.8, 4) is 22.6 Å². The van der Waals surface area contributed by atoms with Gasteiger partial charge >= 0.3 is 0 Å². The third-order valence-corrected chi connectivity index (χ3v) is 3.66. The molecule has 3 aromatic rings. The molecule has 2 N–H and O–H groups in total. The maximum atomic E-state index is 11.8. The normalized spacial score (nSPS) is 10.6. The minimum absolute atomic E-state index is 0.0975. The van der Waals surface area contributed by atoms with Gasteiger partial charge in [0.1, 0.15) is 11.5 Å². The SMILES string of the molecule is O=C(COc1ccc(-c2ccccc2)cc1)NN=Cc1ccccc1O. The molecule has 0 bridgehead atoms. The van der Waals surface area contributed by atoms with Gasteiger partial charge in [0.15, 0.2) is 6.61 Å². The summed E-state index contributed by atoms with van der Waals surface area (Å²) in [4.78, 5) is 11.8. The van der Waals surface area contributed by atoms with Crippen molar-refractivity contribution in [3.05, 3.63) is 84.4 Å². The summed E-state index contributed by atoms with van der Waals surface area (Å²) in [5.74, 6) is 0.313. The van der Waals surface area contributed by atoms with E-state index in [4.69, 9.17) is 4.74 Å². The molecule has 3 aromatic carbocycles. The predicted molar refractivity (Wildman–Crippen MR) is 101 cm³/mol. The quantitative estimate of drug-likeness (QED) is 0.529. The van der Waals surface area contributed by atoms with Crippen LogP contribution in [0.3, 0.4) is 0 Å². The number of nitrogens with one attached hydrogen (secondary N) is 1. The van der Waals surface area contributed by atoms with Crippen molar-refractivity contribution in [2.24, 2.45) is 5.10 Å². The fraction of sp³-hybridized carbons (Fsp3) is 0.0476. The Morgan fingerprint density at radius 3 is 2.31 bits per heavy atom. The molecule has 0 unspecified atom stereocenters. The number of hydrogen-bond acceptors (Lipinski definition) is 4. The zero-order chi connectivity index (χ0) is 18.2. The molecule has 0 fully saturated rings. The highest BCUT2D eigenvalue weighted by atomic mass is 16.5. The number of benzene rings is 3. The first-order valence-electron chi connectivity index (χ1n) is 8.10. The molecule has 0 saturated heterocycles. The third-order valence-electron chi connectivity index (χ3n) is 3.66. The van der Waals surface area contributed by atoms with Crippen molar-refractivity contribution in [1.82, 2.24) is 5.43 Å². The van der Waals surface area contributed by atoms with Crippen LogP contribution in [-0.4, -0.2) is 23.8 Å². The highest BCUT2D eigenvalue weighted by Crippen LogP contribution is 2.21. The minimum atomic E-state index is -0.385. The van der Waals surface area contributed by atoms with Crippen LogP contribution in [0.4, 0.5) is 0 Å². The zero-order valence-corrected chi connectivity index (χ0v) is 14.0. The number of para-hydroxylation sites is 1. The number of aromatic hydroxyl groups is 1. The number of phenolic OH excluding ortho intramolecular Hbond substituents is 1. The number of carbonyl (C=O) groups is 1. The monoisotopic (exact) mass is 346 g/mol. The summed E-state index contributed by atoms with van der Waals surface area (Å²) in [7, 11) is 0. The molecule has 0 aromatic heterocycles. The van der Waals surface area contributed by atoms with Gasteiger partial charge in [0, 0.05) is 5.56 Å². The van der Waals surface area contributed by atoms with Gasteiger partial charge in [0.05, 0.1) is 6.21 Å². The summed E-state index contributed by atoms with van der Waals surface area (Å²) in [6.07, 6.45) is 1.38. The molecule has 26 heavy (non-hydrogen) atoms. The summed E-state index contributed by atoms with van der Waals surface area (Å²) in [6.45, 7) is -0.150. The zero-order valence-electron chi connectivity index (χ0n) is 14.0. The summed E-state index contributed by atoms with van der Waals surface area (Å²) >= 11 is 0. The van der Waals surface area contributed by atoms with Crippen molar-refractivity contribution in [3.63, 3.8) is 0 Å². The molecule has 0 spiro atoms. The van der Waals surface area contributed by atoms with E-state index in [0.717, 1.165) is 11.1 Å². The van der Waals surface area contributed by atoms with Crippen molar-refractivity contribution < 1.29 is 14.6 Å². The predicted octanol–water partition coefficient (Wildman–Crippen LogP) is 3.59. The highest BCUT2D eigenvalue weighted by molar-refractivity contribution is 5.85. The molecule has 5 heteroatoms. The Morgan fingerprint density at radius 1 is 0.923 bits per heavy atom. The van der Waals surface area contributed by atoms with E-state index in [1.807, 2.05) is 54.6 Å². The van der Waals surface area contributed by atoms with Crippen LogP contribution in [0, 0.1) is 0 Å². The van der Waals surface area contributed by atoms with Crippen LogP contribution in [0.2, 0.25) is 0 Å². The molecule has 1 amide bonds. The van der Waals surface area contributed by atoms with E-state index in [9.17, 15) is 9.90 Å². The van der Waals surface area contributed by atoms with Crippen molar-refractivity contribution >= 4 is 12.1 Å². The van der Waals surface area contributed by atoms with E-state index in [2.05, 4.69) is 10.5 Å². The number of hydrogen-bond donors (Lipinski definition) is 2. The van der Waals surface area contributed by atoms with E-state index in [-0.39, 0.29) is 18.3 Å². The number of nitrogens with zero attached hydrogens (tertiary/aromatic N) is 1. The van der Waals surface area contributed by atoms with Gasteiger partial charge in [-0.05, 0) is 35.4 Å². The van der Waals surface area contributed by atoms with Gasteiger partial charge < -0.3 is 9.84 Å². The van der Waals surface area contributed by atoms with Crippen LogP contribution in [0.1, 0.15) is 5.56 Å². The Bertz CT molecular complexity index is 891. The largest absolute Gasteiger partial charge is 0.507 e. The fourth-order valence-corrected chi connectivity index (χ4v) is 2.33. The lowest BCUT2D eigenvalue weighted by Crippen LogP contribution is -2.24. The van der Waals surface area contributed by atoms with Crippen LogP contribution in [0.25, 0.3) is 11.1 Å². The van der Waals surface area contributed by atoms with Gasteiger partial charge in [0.2, 0.25) is 0 Å². The molecule has 0 heterocycles. The summed E-state index contributed by atoms with van der Waals surface area (Å²) in [6, 6.07) is 24.3. The van der Waals surface area contributed by atoms with E-state index in [1.54, 1.807) is 24.3 Å². The Morgan fingerprint density at radius 2 is 1.58 bits per heavy atom. The topological polar surface area (TPSA) is 70.9 Å². The molecular formula is C21H18N2O3. The number of phenols is 1. The standard InChI is InChI=1S/C21H18N2O3/c24-20-9-5-4-8-18(20)14-22-23-21(25)15-26-19-12-10-17(11-13-19)16-6-2-1-3-7-16/h1-14,24H,15H2,(H,23,25). The van der Waals surface area contributed by atoms with Crippen LogP contribution >= 0.6 is 0 Å². The smallest absolute Gasteiger partial charge is 0.277 e. The van der Waals surface area contributed by atoms with Crippen LogP contribution < -0.4 is 10.2 Å². The molecule has 0 aliphatic heterocycles.